The Balaban J connectivity index is 2.53. The molecule has 0 aliphatic heterocycles. The summed E-state index contributed by atoms with van der Waals surface area (Å²) in [6, 6.07) is 3.46. The molecular formula is C15H20N4O2. The minimum Gasteiger partial charge on any atom is -0.465 e. The van der Waals surface area contributed by atoms with Gasteiger partial charge in [-0.3, -0.25) is 0 Å². The molecule has 6 nitrogen and oxygen atoms in total. The Hall–Kier alpha value is -2.37. The lowest BCUT2D eigenvalue weighted by Crippen LogP contribution is -2.10. The molecule has 2 N–H and O–H groups in total. The zero-order valence-electron chi connectivity index (χ0n) is 12.8. The summed E-state index contributed by atoms with van der Waals surface area (Å²) in [6.07, 6.45) is 1.53. The molecule has 0 aliphatic rings. The second kappa shape index (κ2) is 5.95. The molecule has 2 aromatic heterocycles. The van der Waals surface area contributed by atoms with Crippen LogP contribution in [0.3, 0.4) is 0 Å². The summed E-state index contributed by atoms with van der Waals surface area (Å²) in [6.45, 7) is 5.81. The molecule has 2 aromatic rings. The van der Waals surface area contributed by atoms with E-state index in [0.717, 1.165) is 29.9 Å². The fourth-order valence-electron chi connectivity index (χ4n) is 2.30. The molecule has 0 unspecified atom stereocenters. The number of hydrogen-bond acceptors (Lipinski definition) is 5. The van der Waals surface area contributed by atoms with Gasteiger partial charge in [0, 0.05) is 0 Å². The van der Waals surface area contributed by atoms with Crippen molar-refractivity contribution in [3.63, 3.8) is 0 Å². The highest BCUT2D eigenvalue weighted by Gasteiger charge is 2.17. The normalized spacial score (nSPS) is 10.7. The number of esters is 1. The summed E-state index contributed by atoms with van der Waals surface area (Å²) in [4.78, 5) is 16.1. The smallest absolute Gasteiger partial charge is 0.339 e. The summed E-state index contributed by atoms with van der Waals surface area (Å²) in [5.74, 6) is 0.264. The van der Waals surface area contributed by atoms with Crippen LogP contribution in [-0.4, -0.2) is 27.8 Å². The first kappa shape index (κ1) is 15.0. The number of rotatable bonds is 4. The molecule has 0 aliphatic carbocycles. The first-order chi connectivity index (χ1) is 10.0. The topological polar surface area (TPSA) is 83.0 Å². The van der Waals surface area contributed by atoms with Gasteiger partial charge >= 0.3 is 5.97 Å². The number of nitrogen functional groups attached to an aromatic ring is 1. The summed E-state index contributed by atoms with van der Waals surface area (Å²) in [5.41, 5.74) is 9.69. The highest BCUT2D eigenvalue weighted by molar-refractivity contribution is 5.90. The van der Waals surface area contributed by atoms with Crippen molar-refractivity contribution in [2.45, 2.75) is 33.6 Å². The predicted octanol–water partition coefficient (Wildman–Crippen LogP) is 2.07. The van der Waals surface area contributed by atoms with Crippen LogP contribution < -0.4 is 5.73 Å². The predicted molar refractivity (Wildman–Crippen MR) is 80.6 cm³/mol. The van der Waals surface area contributed by atoms with Crippen molar-refractivity contribution in [2.75, 3.05) is 12.8 Å². The Kier molecular flexibility index (Phi) is 4.26. The standard InChI is InChI=1S/C15H20N4O2/c1-5-11-14(16)12(6-2)19(18-11)13-8-7-10(9(3)17-13)15(20)21-4/h7-8H,5-6,16H2,1-4H3. The Bertz CT molecular complexity index is 677. The number of pyridine rings is 1. The molecule has 0 radical (unpaired) electrons. The van der Waals surface area contributed by atoms with E-state index in [1.165, 1.54) is 7.11 Å². The summed E-state index contributed by atoms with van der Waals surface area (Å²) in [7, 11) is 1.35. The second-order valence-corrected chi connectivity index (χ2v) is 4.72. The van der Waals surface area contributed by atoms with Gasteiger partial charge in [0.25, 0.3) is 0 Å². The molecule has 21 heavy (non-hydrogen) atoms. The van der Waals surface area contributed by atoms with Gasteiger partial charge in [0.05, 0.1) is 35.4 Å². The van der Waals surface area contributed by atoms with Crippen molar-refractivity contribution in [3.05, 3.63) is 34.8 Å². The number of anilines is 1. The average molecular weight is 288 g/mol. The lowest BCUT2D eigenvalue weighted by Gasteiger charge is -2.08. The molecular weight excluding hydrogens is 268 g/mol. The number of hydrogen-bond donors (Lipinski definition) is 1. The van der Waals surface area contributed by atoms with Gasteiger partial charge in [-0.05, 0) is 31.9 Å². The van der Waals surface area contributed by atoms with Gasteiger partial charge < -0.3 is 10.5 Å². The number of carbonyl (C=O) groups is 1. The molecule has 2 heterocycles. The quantitative estimate of drug-likeness (QED) is 0.871. The molecule has 0 bridgehead atoms. The zero-order chi connectivity index (χ0) is 15.6. The molecule has 0 aromatic carbocycles. The van der Waals surface area contributed by atoms with Gasteiger partial charge in [-0.1, -0.05) is 13.8 Å². The lowest BCUT2D eigenvalue weighted by atomic mass is 10.2. The van der Waals surface area contributed by atoms with Crippen LogP contribution in [0.1, 0.15) is 41.3 Å². The van der Waals surface area contributed by atoms with E-state index in [2.05, 4.69) is 10.1 Å². The van der Waals surface area contributed by atoms with Crippen molar-refractivity contribution in [2.24, 2.45) is 0 Å². The zero-order valence-corrected chi connectivity index (χ0v) is 12.8. The number of aromatic nitrogens is 3. The van der Waals surface area contributed by atoms with E-state index in [9.17, 15) is 4.79 Å². The fraction of sp³-hybridized carbons (Fsp3) is 0.400. The van der Waals surface area contributed by atoms with E-state index in [-0.39, 0.29) is 0 Å². The van der Waals surface area contributed by atoms with Crippen LogP contribution in [0.25, 0.3) is 5.82 Å². The van der Waals surface area contributed by atoms with Gasteiger partial charge in [-0.25, -0.2) is 14.5 Å². The van der Waals surface area contributed by atoms with Crippen molar-refractivity contribution >= 4 is 11.7 Å². The first-order valence-corrected chi connectivity index (χ1v) is 6.96. The maximum Gasteiger partial charge on any atom is 0.339 e. The molecule has 0 saturated carbocycles. The molecule has 0 amide bonds. The minimum absolute atomic E-state index is 0.392. The van der Waals surface area contributed by atoms with Gasteiger partial charge in [0.1, 0.15) is 0 Å². The maximum atomic E-state index is 11.6. The molecule has 2 rings (SSSR count). The molecule has 112 valence electrons. The second-order valence-electron chi connectivity index (χ2n) is 4.72. The minimum atomic E-state index is -0.392. The largest absolute Gasteiger partial charge is 0.465 e. The van der Waals surface area contributed by atoms with E-state index in [1.54, 1.807) is 23.7 Å². The van der Waals surface area contributed by atoms with Crippen LogP contribution in [0.15, 0.2) is 12.1 Å². The van der Waals surface area contributed by atoms with Crippen LogP contribution in [-0.2, 0) is 17.6 Å². The Morgan fingerprint density at radius 2 is 2.05 bits per heavy atom. The van der Waals surface area contributed by atoms with Crippen molar-refractivity contribution in [1.29, 1.82) is 0 Å². The summed E-state index contributed by atoms with van der Waals surface area (Å²) in [5, 5.41) is 4.52. The van der Waals surface area contributed by atoms with E-state index in [0.29, 0.717) is 17.1 Å². The third-order valence-electron chi connectivity index (χ3n) is 3.46. The summed E-state index contributed by atoms with van der Waals surface area (Å²) < 4.78 is 6.48. The van der Waals surface area contributed by atoms with Crippen LogP contribution in [0.2, 0.25) is 0 Å². The van der Waals surface area contributed by atoms with Crippen LogP contribution in [0.5, 0.6) is 0 Å². The van der Waals surface area contributed by atoms with E-state index in [1.807, 2.05) is 13.8 Å². The number of carbonyl (C=O) groups excluding carboxylic acids is 1. The fourth-order valence-corrected chi connectivity index (χ4v) is 2.30. The number of nitrogens with two attached hydrogens (primary N) is 1. The number of nitrogens with zero attached hydrogens (tertiary/aromatic N) is 3. The van der Waals surface area contributed by atoms with Gasteiger partial charge in [0.2, 0.25) is 0 Å². The molecule has 0 spiro atoms. The first-order valence-electron chi connectivity index (χ1n) is 6.96. The average Bonchev–Trinajstić information content (AvgIpc) is 2.82. The van der Waals surface area contributed by atoms with Gasteiger partial charge in [0.15, 0.2) is 5.82 Å². The van der Waals surface area contributed by atoms with Crippen molar-refractivity contribution in [1.82, 2.24) is 14.8 Å². The molecule has 0 fully saturated rings. The summed E-state index contributed by atoms with van der Waals surface area (Å²) >= 11 is 0. The Morgan fingerprint density at radius 1 is 1.33 bits per heavy atom. The Morgan fingerprint density at radius 3 is 2.57 bits per heavy atom. The van der Waals surface area contributed by atoms with E-state index in [4.69, 9.17) is 10.5 Å². The van der Waals surface area contributed by atoms with Crippen LogP contribution >= 0.6 is 0 Å². The van der Waals surface area contributed by atoms with Gasteiger partial charge in [-0.2, -0.15) is 5.10 Å². The third-order valence-corrected chi connectivity index (χ3v) is 3.46. The number of aryl methyl sites for hydroxylation is 2. The molecule has 0 saturated heterocycles. The molecule has 6 heteroatoms. The van der Waals surface area contributed by atoms with Crippen LogP contribution in [0.4, 0.5) is 5.69 Å². The van der Waals surface area contributed by atoms with E-state index < -0.39 is 5.97 Å². The lowest BCUT2D eigenvalue weighted by molar-refractivity contribution is 0.0599. The number of methoxy groups -OCH3 is 1. The van der Waals surface area contributed by atoms with Crippen molar-refractivity contribution < 1.29 is 9.53 Å². The van der Waals surface area contributed by atoms with Gasteiger partial charge in [-0.15, -0.1) is 0 Å². The third kappa shape index (κ3) is 2.61. The van der Waals surface area contributed by atoms with E-state index >= 15 is 0 Å². The van der Waals surface area contributed by atoms with Crippen molar-refractivity contribution in [3.8, 4) is 5.82 Å². The maximum absolute atomic E-state index is 11.6. The highest BCUT2D eigenvalue weighted by Crippen LogP contribution is 2.22. The molecule has 0 atom stereocenters. The Labute approximate surface area is 123 Å². The monoisotopic (exact) mass is 288 g/mol. The number of ether oxygens (including phenoxy) is 1. The SMILES string of the molecule is CCc1nn(-c2ccc(C(=O)OC)c(C)n2)c(CC)c1N. The highest BCUT2D eigenvalue weighted by atomic mass is 16.5. The van der Waals surface area contributed by atoms with Crippen LogP contribution in [0, 0.1) is 6.92 Å².